The van der Waals surface area contributed by atoms with Gasteiger partial charge in [0.1, 0.15) is 11.8 Å². The molecule has 2 aromatic carbocycles. The normalized spacial score (nSPS) is 16.8. The SMILES string of the molecule is N#CC1CN(C(=O)c2ccccc2)c2ccccc2O1. The van der Waals surface area contributed by atoms with Crippen molar-refractivity contribution in [3.63, 3.8) is 0 Å². The number of nitrogens with zero attached hydrogens (tertiary/aromatic N) is 2. The summed E-state index contributed by atoms with van der Waals surface area (Å²) in [6.45, 7) is 0.237. The molecule has 1 aliphatic heterocycles. The van der Waals surface area contributed by atoms with Gasteiger partial charge >= 0.3 is 0 Å². The Labute approximate surface area is 116 Å². The summed E-state index contributed by atoms with van der Waals surface area (Å²) in [6, 6.07) is 18.4. The quantitative estimate of drug-likeness (QED) is 0.795. The van der Waals surface area contributed by atoms with Gasteiger partial charge in [-0.15, -0.1) is 0 Å². The molecule has 20 heavy (non-hydrogen) atoms. The lowest BCUT2D eigenvalue weighted by molar-refractivity contribution is 0.0968. The maximum absolute atomic E-state index is 12.6. The minimum atomic E-state index is -0.641. The number of para-hydroxylation sites is 2. The molecule has 98 valence electrons. The Morgan fingerprint density at radius 3 is 2.60 bits per heavy atom. The predicted molar refractivity (Wildman–Crippen MR) is 74.6 cm³/mol. The van der Waals surface area contributed by atoms with Crippen LogP contribution < -0.4 is 9.64 Å². The number of benzene rings is 2. The maximum atomic E-state index is 12.6. The molecular formula is C16H12N2O2. The Balaban J connectivity index is 2.01. The van der Waals surface area contributed by atoms with Crippen LogP contribution in [0.5, 0.6) is 5.75 Å². The van der Waals surface area contributed by atoms with E-state index < -0.39 is 6.10 Å². The highest BCUT2D eigenvalue weighted by Gasteiger charge is 2.29. The topological polar surface area (TPSA) is 53.3 Å². The number of carbonyl (C=O) groups excluding carboxylic acids is 1. The third-order valence-electron chi connectivity index (χ3n) is 3.18. The summed E-state index contributed by atoms with van der Waals surface area (Å²) < 4.78 is 5.54. The Kier molecular flexibility index (Phi) is 3.10. The lowest BCUT2D eigenvalue weighted by Gasteiger charge is -2.32. The van der Waals surface area contributed by atoms with Crippen LogP contribution >= 0.6 is 0 Å². The number of hydrogen-bond donors (Lipinski definition) is 0. The third-order valence-corrected chi connectivity index (χ3v) is 3.18. The number of rotatable bonds is 1. The largest absolute Gasteiger partial charge is 0.471 e. The van der Waals surface area contributed by atoms with E-state index in [2.05, 4.69) is 6.07 Å². The van der Waals surface area contributed by atoms with E-state index in [4.69, 9.17) is 10.00 Å². The first-order chi connectivity index (χ1) is 9.79. The molecule has 0 N–H and O–H groups in total. The fraction of sp³-hybridized carbons (Fsp3) is 0.125. The first kappa shape index (κ1) is 12.2. The molecule has 4 nitrogen and oxygen atoms in total. The zero-order valence-corrected chi connectivity index (χ0v) is 10.7. The number of anilines is 1. The molecule has 1 aliphatic rings. The number of nitriles is 1. The van der Waals surface area contributed by atoms with Gasteiger partial charge in [-0.25, -0.2) is 0 Å². The van der Waals surface area contributed by atoms with Gasteiger partial charge in [0.15, 0.2) is 0 Å². The summed E-state index contributed by atoms with van der Waals surface area (Å²) in [5, 5.41) is 9.07. The second-order valence-corrected chi connectivity index (χ2v) is 4.49. The van der Waals surface area contributed by atoms with Crippen molar-refractivity contribution < 1.29 is 9.53 Å². The van der Waals surface area contributed by atoms with Crippen molar-refractivity contribution >= 4 is 11.6 Å². The van der Waals surface area contributed by atoms with E-state index in [0.717, 1.165) is 0 Å². The third kappa shape index (κ3) is 2.10. The van der Waals surface area contributed by atoms with Gasteiger partial charge in [-0.3, -0.25) is 4.79 Å². The van der Waals surface area contributed by atoms with Gasteiger partial charge in [0.05, 0.1) is 12.2 Å². The van der Waals surface area contributed by atoms with Gasteiger partial charge < -0.3 is 9.64 Å². The second kappa shape index (κ2) is 5.06. The Morgan fingerprint density at radius 2 is 1.85 bits per heavy atom. The molecule has 4 heteroatoms. The molecule has 3 rings (SSSR count). The zero-order chi connectivity index (χ0) is 13.9. The van der Waals surface area contributed by atoms with E-state index >= 15 is 0 Å². The van der Waals surface area contributed by atoms with E-state index in [0.29, 0.717) is 17.0 Å². The van der Waals surface area contributed by atoms with E-state index in [1.54, 1.807) is 23.1 Å². The monoisotopic (exact) mass is 264 g/mol. The minimum Gasteiger partial charge on any atom is -0.471 e. The highest BCUT2D eigenvalue weighted by molar-refractivity contribution is 6.07. The van der Waals surface area contributed by atoms with Crippen LogP contribution in [0.3, 0.4) is 0 Å². The highest BCUT2D eigenvalue weighted by atomic mass is 16.5. The second-order valence-electron chi connectivity index (χ2n) is 4.49. The fourth-order valence-electron chi connectivity index (χ4n) is 2.23. The number of fused-ring (bicyclic) bond motifs is 1. The predicted octanol–water partition coefficient (Wildman–Crippen LogP) is 2.62. The number of ether oxygens (including phenoxy) is 1. The summed E-state index contributed by atoms with van der Waals surface area (Å²) in [5.41, 5.74) is 1.30. The Morgan fingerprint density at radius 1 is 1.15 bits per heavy atom. The van der Waals surface area contributed by atoms with E-state index in [-0.39, 0.29) is 12.5 Å². The Bertz CT molecular complexity index is 676. The van der Waals surface area contributed by atoms with Crippen LogP contribution in [0.2, 0.25) is 0 Å². The van der Waals surface area contributed by atoms with Gasteiger partial charge in [0.25, 0.3) is 5.91 Å². The van der Waals surface area contributed by atoms with Crippen molar-refractivity contribution in [2.24, 2.45) is 0 Å². The van der Waals surface area contributed by atoms with Crippen LogP contribution in [0.25, 0.3) is 0 Å². The van der Waals surface area contributed by atoms with Crippen molar-refractivity contribution in [3.8, 4) is 11.8 Å². The Hall–Kier alpha value is -2.80. The molecule has 1 unspecified atom stereocenters. The van der Waals surface area contributed by atoms with Crippen molar-refractivity contribution in [2.45, 2.75) is 6.10 Å². The van der Waals surface area contributed by atoms with Crippen LogP contribution in [-0.4, -0.2) is 18.6 Å². The van der Waals surface area contributed by atoms with E-state index in [1.807, 2.05) is 36.4 Å². The highest BCUT2D eigenvalue weighted by Crippen LogP contribution is 2.33. The first-order valence-electron chi connectivity index (χ1n) is 6.32. The summed E-state index contributed by atoms with van der Waals surface area (Å²) in [7, 11) is 0. The molecule has 1 heterocycles. The maximum Gasteiger partial charge on any atom is 0.258 e. The van der Waals surface area contributed by atoms with Gasteiger partial charge in [-0.2, -0.15) is 5.26 Å². The lowest BCUT2D eigenvalue weighted by Crippen LogP contribution is -2.43. The molecule has 1 atom stereocenters. The molecule has 0 fully saturated rings. The number of carbonyl (C=O) groups is 1. The van der Waals surface area contributed by atoms with Gasteiger partial charge in [-0.1, -0.05) is 30.3 Å². The smallest absolute Gasteiger partial charge is 0.258 e. The van der Waals surface area contributed by atoms with E-state index in [9.17, 15) is 4.79 Å². The molecular weight excluding hydrogens is 252 g/mol. The van der Waals surface area contributed by atoms with Crippen LogP contribution in [0, 0.1) is 11.3 Å². The molecule has 0 bridgehead atoms. The summed E-state index contributed by atoms with van der Waals surface area (Å²) in [6.07, 6.45) is -0.641. The van der Waals surface area contributed by atoms with Crippen LogP contribution in [0.4, 0.5) is 5.69 Å². The molecule has 0 saturated carbocycles. The van der Waals surface area contributed by atoms with Crippen molar-refractivity contribution in [1.29, 1.82) is 5.26 Å². The standard InChI is InChI=1S/C16H12N2O2/c17-10-13-11-18(14-8-4-5-9-15(14)20-13)16(19)12-6-2-1-3-7-12/h1-9,13H,11H2. The molecule has 0 aliphatic carbocycles. The van der Waals surface area contributed by atoms with Gasteiger partial charge in [0, 0.05) is 5.56 Å². The van der Waals surface area contributed by atoms with Gasteiger partial charge in [0.2, 0.25) is 6.10 Å². The average molecular weight is 264 g/mol. The van der Waals surface area contributed by atoms with Crippen LogP contribution in [0.1, 0.15) is 10.4 Å². The molecule has 1 amide bonds. The molecule has 2 aromatic rings. The fourth-order valence-corrected chi connectivity index (χ4v) is 2.23. The van der Waals surface area contributed by atoms with Crippen molar-refractivity contribution in [1.82, 2.24) is 0 Å². The lowest BCUT2D eigenvalue weighted by atomic mass is 10.1. The molecule has 0 aromatic heterocycles. The number of amides is 1. The summed E-state index contributed by atoms with van der Waals surface area (Å²) in [5.74, 6) is 0.441. The zero-order valence-electron chi connectivity index (χ0n) is 10.7. The number of hydrogen-bond acceptors (Lipinski definition) is 3. The first-order valence-corrected chi connectivity index (χ1v) is 6.32. The summed E-state index contributed by atoms with van der Waals surface area (Å²) >= 11 is 0. The molecule has 0 spiro atoms. The van der Waals surface area contributed by atoms with Gasteiger partial charge in [-0.05, 0) is 24.3 Å². The van der Waals surface area contributed by atoms with Crippen molar-refractivity contribution in [2.75, 3.05) is 11.4 Å². The van der Waals surface area contributed by atoms with E-state index in [1.165, 1.54) is 0 Å². The summed E-state index contributed by atoms with van der Waals surface area (Å²) in [4.78, 5) is 14.2. The van der Waals surface area contributed by atoms with Crippen LogP contribution in [0.15, 0.2) is 54.6 Å². The molecule has 0 radical (unpaired) electrons. The molecule has 0 saturated heterocycles. The average Bonchev–Trinajstić information content (AvgIpc) is 2.54. The van der Waals surface area contributed by atoms with Crippen molar-refractivity contribution in [3.05, 3.63) is 60.2 Å². The van der Waals surface area contributed by atoms with Crippen LogP contribution in [-0.2, 0) is 0 Å². The minimum absolute atomic E-state index is 0.124.